The van der Waals surface area contributed by atoms with Crippen LogP contribution in [0.15, 0.2) is 70.9 Å². The summed E-state index contributed by atoms with van der Waals surface area (Å²) in [6.07, 6.45) is 0.713. The number of carbonyl (C=O) groups is 2. The molecule has 9 heteroatoms. The monoisotopic (exact) mass is 443 g/mol. The van der Waals surface area contributed by atoms with Crippen molar-refractivity contribution >= 4 is 44.5 Å². The lowest BCUT2D eigenvalue weighted by atomic mass is 10.1. The van der Waals surface area contributed by atoms with Crippen LogP contribution in [0.4, 0.5) is 11.4 Å². The maximum Gasteiger partial charge on any atom is 0.265 e. The van der Waals surface area contributed by atoms with Crippen molar-refractivity contribution in [3.8, 4) is 0 Å². The Labute approximate surface area is 179 Å². The van der Waals surface area contributed by atoms with Crippen molar-refractivity contribution in [2.24, 2.45) is 0 Å². The van der Waals surface area contributed by atoms with Gasteiger partial charge in [-0.15, -0.1) is 11.3 Å². The molecule has 0 aliphatic heterocycles. The Morgan fingerprint density at radius 2 is 1.63 bits per heavy atom. The molecule has 1 heterocycles. The van der Waals surface area contributed by atoms with Crippen LogP contribution in [0.3, 0.4) is 0 Å². The zero-order valence-corrected chi connectivity index (χ0v) is 17.8. The molecule has 0 bridgehead atoms. The van der Waals surface area contributed by atoms with E-state index in [-0.39, 0.29) is 23.1 Å². The van der Waals surface area contributed by atoms with E-state index >= 15 is 0 Å². The van der Waals surface area contributed by atoms with E-state index in [9.17, 15) is 18.0 Å². The number of nitrogens with one attached hydrogen (secondary N) is 3. The molecule has 0 spiro atoms. The summed E-state index contributed by atoms with van der Waals surface area (Å²) in [4.78, 5) is 25.2. The largest absolute Gasteiger partial charge is 0.326 e. The van der Waals surface area contributed by atoms with Gasteiger partial charge in [0, 0.05) is 17.8 Å². The fraction of sp³-hybridized carbons (Fsp3) is 0.143. The van der Waals surface area contributed by atoms with E-state index in [0.717, 1.165) is 5.56 Å². The first-order valence-corrected chi connectivity index (χ1v) is 11.5. The maximum atomic E-state index is 12.3. The maximum absolute atomic E-state index is 12.3. The van der Waals surface area contributed by atoms with Gasteiger partial charge >= 0.3 is 0 Å². The first-order chi connectivity index (χ1) is 14.4. The minimum absolute atomic E-state index is 0.177. The van der Waals surface area contributed by atoms with Crippen molar-refractivity contribution in [1.29, 1.82) is 0 Å². The number of amides is 2. The number of thiophene rings is 1. The van der Waals surface area contributed by atoms with Gasteiger partial charge in [0.15, 0.2) is 0 Å². The summed E-state index contributed by atoms with van der Waals surface area (Å²) in [7, 11) is -2.12. The van der Waals surface area contributed by atoms with Gasteiger partial charge in [-0.2, -0.15) is 0 Å². The predicted octanol–water partition coefficient (Wildman–Crippen LogP) is 3.48. The summed E-state index contributed by atoms with van der Waals surface area (Å²) < 4.78 is 25.7. The lowest BCUT2D eigenvalue weighted by molar-refractivity contribution is -0.116. The number of anilines is 2. The minimum Gasteiger partial charge on any atom is -0.326 e. The normalized spacial score (nSPS) is 11.1. The van der Waals surface area contributed by atoms with Crippen molar-refractivity contribution in [3.63, 3.8) is 0 Å². The third-order valence-electron chi connectivity index (χ3n) is 4.29. The van der Waals surface area contributed by atoms with Crippen molar-refractivity contribution in [3.05, 3.63) is 76.5 Å². The van der Waals surface area contributed by atoms with E-state index in [0.29, 0.717) is 22.7 Å². The molecule has 1 aromatic heterocycles. The highest BCUT2D eigenvalue weighted by Gasteiger charge is 2.11. The van der Waals surface area contributed by atoms with Gasteiger partial charge in [0.2, 0.25) is 15.9 Å². The quantitative estimate of drug-likeness (QED) is 0.496. The summed E-state index contributed by atoms with van der Waals surface area (Å²) in [5.74, 6) is -0.374. The lowest BCUT2D eigenvalue weighted by Crippen LogP contribution is -2.18. The highest BCUT2D eigenvalue weighted by atomic mass is 32.2. The van der Waals surface area contributed by atoms with E-state index in [1.54, 1.807) is 42.5 Å². The summed E-state index contributed by atoms with van der Waals surface area (Å²) in [5, 5.41) is 7.45. The second kappa shape index (κ2) is 9.66. The van der Waals surface area contributed by atoms with Crippen LogP contribution in [0.2, 0.25) is 0 Å². The number of hydrogen-bond donors (Lipinski definition) is 3. The third-order valence-corrected chi connectivity index (χ3v) is 6.59. The van der Waals surface area contributed by atoms with Crippen LogP contribution in [0.1, 0.15) is 21.7 Å². The van der Waals surface area contributed by atoms with Crippen LogP contribution in [0.5, 0.6) is 0 Å². The zero-order valence-electron chi connectivity index (χ0n) is 16.2. The smallest absolute Gasteiger partial charge is 0.265 e. The molecule has 0 fully saturated rings. The average Bonchev–Trinajstić information content (AvgIpc) is 3.28. The molecule has 0 unspecified atom stereocenters. The van der Waals surface area contributed by atoms with Gasteiger partial charge in [-0.05, 0) is 60.8 Å². The van der Waals surface area contributed by atoms with Crippen LogP contribution < -0.4 is 15.4 Å². The average molecular weight is 444 g/mol. The molecule has 30 heavy (non-hydrogen) atoms. The van der Waals surface area contributed by atoms with E-state index in [1.807, 2.05) is 11.4 Å². The molecule has 0 aliphatic carbocycles. The van der Waals surface area contributed by atoms with E-state index in [1.165, 1.54) is 30.5 Å². The molecular formula is C21H21N3O4S2. The first kappa shape index (κ1) is 21.7. The molecule has 0 aliphatic rings. The number of benzene rings is 2. The SMILES string of the molecule is CNS(=O)(=O)c1ccc(CCC(=O)Nc2cccc(NC(=O)c3cccs3)c2)cc1. The number of hydrogen-bond acceptors (Lipinski definition) is 5. The summed E-state index contributed by atoms with van der Waals surface area (Å²) in [5.41, 5.74) is 2.03. The summed E-state index contributed by atoms with van der Waals surface area (Å²) >= 11 is 1.35. The van der Waals surface area contributed by atoms with Crippen LogP contribution in [0, 0.1) is 0 Å². The van der Waals surface area contributed by atoms with Gasteiger partial charge in [-0.1, -0.05) is 24.3 Å². The molecule has 156 valence electrons. The molecule has 3 rings (SSSR count). The van der Waals surface area contributed by atoms with Crippen LogP contribution in [-0.4, -0.2) is 27.3 Å². The van der Waals surface area contributed by atoms with Crippen LogP contribution >= 0.6 is 11.3 Å². The number of rotatable bonds is 8. The molecule has 3 aromatic rings. The van der Waals surface area contributed by atoms with Crippen molar-refractivity contribution in [1.82, 2.24) is 4.72 Å². The minimum atomic E-state index is -3.47. The van der Waals surface area contributed by atoms with E-state index < -0.39 is 10.0 Å². The van der Waals surface area contributed by atoms with Crippen molar-refractivity contribution in [2.45, 2.75) is 17.7 Å². The Kier molecular flexibility index (Phi) is 6.99. The molecule has 2 aromatic carbocycles. The number of sulfonamides is 1. The Balaban J connectivity index is 1.54. The van der Waals surface area contributed by atoms with Gasteiger partial charge in [0.1, 0.15) is 0 Å². The van der Waals surface area contributed by atoms with Crippen molar-refractivity contribution < 1.29 is 18.0 Å². The zero-order chi connectivity index (χ0) is 21.6. The summed E-state index contributed by atoms with van der Waals surface area (Å²) in [6.45, 7) is 0. The first-order valence-electron chi connectivity index (χ1n) is 9.14. The van der Waals surface area contributed by atoms with Gasteiger partial charge in [0.25, 0.3) is 5.91 Å². The fourth-order valence-electron chi connectivity index (χ4n) is 2.71. The van der Waals surface area contributed by atoms with E-state index in [2.05, 4.69) is 15.4 Å². The summed E-state index contributed by atoms with van der Waals surface area (Å²) in [6, 6.07) is 16.9. The molecule has 0 saturated heterocycles. The Morgan fingerprint density at radius 1 is 0.933 bits per heavy atom. The highest BCUT2D eigenvalue weighted by Crippen LogP contribution is 2.18. The van der Waals surface area contributed by atoms with Gasteiger partial charge in [-0.3, -0.25) is 9.59 Å². The molecule has 7 nitrogen and oxygen atoms in total. The van der Waals surface area contributed by atoms with Crippen LogP contribution in [-0.2, 0) is 21.2 Å². The van der Waals surface area contributed by atoms with Crippen LogP contribution in [0.25, 0.3) is 0 Å². The highest BCUT2D eigenvalue weighted by molar-refractivity contribution is 7.89. The van der Waals surface area contributed by atoms with Gasteiger partial charge in [0.05, 0.1) is 9.77 Å². The predicted molar refractivity (Wildman–Crippen MR) is 118 cm³/mol. The second-order valence-corrected chi connectivity index (χ2v) is 9.25. The third kappa shape index (κ3) is 5.76. The Bertz CT molecular complexity index is 1130. The molecule has 0 saturated carbocycles. The molecular weight excluding hydrogens is 422 g/mol. The van der Waals surface area contributed by atoms with Crippen molar-refractivity contribution in [2.75, 3.05) is 17.7 Å². The van der Waals surface area contributed by atoms with Gasteiger partial charge < -0.3 is 10.6 Å². The van der Waals surface area contributed by atoms with Gasteiger partial charge in [-0.25, -0.2) is 13.1 Å². The number of aryl methyl sites for hydroxylation is 1. The fourth-order valence-corrected chi connectivity index (χ4v) is 4.06. The van der Waals surface area contributed by atoms with E-state index in [4.69, 9.17) is 0 Å². The standard InChI is InChI=1S/C21H21N3O4S2/c1-22-30(27,28)18-10-7-15(8-11-18)9-12-20(25)23-16-4-2-5-17(14-16)24-21(26)19-6-3-13-29-19/h2-8,10-11,13-14,22H,9,12H2,1H3,(H,23,25)(H,24,26). The lowest BCUT2D eigenvalue weighted by Gasteiger charge is -2.09. The Hall–Kier alpha value is -3.01. The molecule has 3 N–H and O–H groups in total. The molecule has 2 amide bonds. The number of carbonyl (C=O) groups excluding carboxylic acids is 2. The molecule has 0 atom stereocenters. The second-order valence-electron chi connectivity index (χ2n) is 6.41. The topological polar surface area (TPSA) is 104 Å². The Morgan fingerprint density at radius 3 is 2.27 bits per heavy atom. The molecule has 0 radical (unpaired) electrons.